The van der Waals surface area contributed by atoms with Crippen molar-refractivity contribution in [1.29, 1.82) is 5.26 Å². The normalized spacial score (nSPS) is 10.9. The second-order valence-corrected chi connectivity index (χ2v) is 7.16. The molecule has 1 aromatic carbocycles. The molecule has 2 aromatic heterocycles. The van der Waals surface area contributed by atoms with Crippen molar-refractivity contribution in [2.24, 2.45) is 0 Å². The fourth-order valence-corrected chi connectivity index (χ4v) is 3.00. The van der Waals surface area contributed by atoms with Crippen LogP contribution in [0.15, 0.2) is 54.9 Å². The summed E-state index contributed by atoms with van der Waals surface area (Å²) in [6, 6.07) is 12.5. The minimum Gasteiger partial charge on any atom is -0.618 e. The molecule has 0 bridgehead atoms. The molecule has 0 saturated heterocycles. The highest BCUT2D eigenvalue weighted by molar-refractivity contribution is 6.30. The molecule has 0 aliphatic rings. The maximum atomic E-state index is 14.4. The molecule has 0 aliphatic heterocycles. The van der Waals surface area contributed by atoms with Crippen LogP contribution in [0.4, 0.5) is 14.7 Å². The van der Waals surface area contributed by atoms with Gasteiger partial charge in [-0.2, -0.15) is 18.8 Å². The third kappa shape index (κ3) is 5.86. The zero-order chi connectivity index (χ0) is 23.1. The largest absolute Gasteiger partial charge is 0.618 e. The van der Waals surface area contributed by atoms with Gasteiger partial charge < -0.3 is 15.8 Å². The Morgan fingerprint density at radius 3 is 2.81 bits per heavy atom. The highest BCUT2D eigenvalue weighted by atomic mass is 35.5. The van der Waals surface area contributed by atoms with Crippen molar-refractivity contribution in [1.82, 2.24) is 15.3 Å². The second-order valence-electron chi connectivity index (χ2n) is 6.72. The first kappa shape index (κ1) is 22.8. The Morgan fingerprint density at radius 1 is 1.28 bits per heavy atom. The summed E-state index contributed by atoms with van der Waals surface area (Å²) in [5.41, 5.74) is 0.174. The summed E-state index contributed by atoms with van der Waals surface area (Å²) in [4.78, 5) is 20.2. The molecule has 3 aromatic rings. The number of halogens is 3. The van der Waals surface area contributed by atoms with E-state index in [1.54, 1.807) is 24.3 Å². The lowest BCUT2D eigenvalue weighted by atomic mass is 10.1. The van der Waals surface area contributed by atoms with E-state index in [9.17, 15) is 24.0 Å². The van der Waals surface area contributed by atoms with Gasteiger partial charge in [-0.3, -0.25) is 4.79 Å². The molecule has 0 saturated carbocycles. The number of carbonyl (C=O) groups excluding carboxylic acids is 1. The van der Waals surface area contributed by atoms with Crippen LogP contribution in [-0.2, 0) is 23.7 Å². The zero-order valence-corrected chi connectivity index (χ0v) is 17.3. The van der Waals surface area contributed by atoms with E-state index in [0.29, 0.717) is 5.02 Å². The van der Waals surface area contributed by atoms with Crippen molar-refractivity contribution in [2.75, 3.05) is 11.9 Å². The molecule has 32 heavy (non-hydrogen) atoms. The molecular weight excluding hydrogens is 442 g/mol. The van der Waals surface area contributed by atoms with Gasteiger partial charge in [-0.05, 0) is 23.8 Å². The van der Waals surface area contributed by atoms with Crippen LogP contribution in [0.2, 0.25) is 5.02 Å². The average molecular weight is 459 g/mol. The van der Waals surface area contributed by atoms with Crippen molar-refractivity contribution < 1.29 is 18.3 Å². The lowest BCUT2D eigenvalue weighted by Crippen LogP contribution is -2.41. The van der Waals surface area contributed by atoms with E-state index in [1.165, 1.54) is 12.1 Å². The number of anilines is 1. The van der Waals surface area contributed by atoms with Gasteiger partial charge in [0.25, 0.3) is 5.69 Å². The summed E-state index contributed by atoms with van der Waals surface area (Å²) in [5.74, 6) is -4.13. The number of amides is 1. The Labute approximate surface area is 187 Å². The van der Waals surface area contributed by atoms with Gasteiger partial charge in [0.1, 0.15) is 6.07 Å². The molecule has 11 heteroatoms. The quantitative estimate of drug-likeness (QED) is 0.396. The van der Waals surface area contributed by atoms with Crippen LogP contribution in [0.5, 0.6) is 0 Å². The predicted molar refractivity (Wildman–Crippen MR) is 112 cm³/mol. The summed E-state index contributed by atoms with van der Waals surface area (Å²) in [6.45, 7) is -0.735. The third-order valence-corrected chi connectivity index (χ3v) is 4.60. The van der Waals surface area contributed by atoms with E-state index in [4.69, 9.17) is 11.6 Å². The SMILES string of the molecule is N#Cc1cnc(NCC(F)(F)c2cccc[n+]2[O-])nc1CC(=O)NCc1cccc(Cl)c1. The maximum Gasteiger partial charge on any atom is 0.347 e. The molecule has 164 valence electrons. The van der Waals surface area contributed by atoms with Gasteiger partial charge in [0.15, 0.2) is 6.20 Å². The summed E-state index contributed by atoms with van der Waals surface area (Å²) >= 11 is 5.91. The van der Waals surface area contributed by atoms with Crippen LogP contribution in [-0.4, -0.2) is 22.4 Å². The Balaban J connectivity index is 1.66. The Kier molecular flexibility index (Phi) is 7.12. The number of aromatic nitrogens is 3. The number of hydrogen-bond donors (Lipinski definition) is 2. The number of pyridine rings is 1. The summed E-state index contributed by atoms with van der Waals surface area (Å²) < 4.78 is 28.8. The monoisotopic (exact) mass is 458 g/mol. The molecule has 0 atom stereocenters. The van der Waals surface area contributed by atoms with E-state index in [2.05, 4.69) is 20.6 Å². The molecule has 0 aliphatic carbocycles. The number of benzene rings is 1. The molecule has 3 rings (SSSR count). The summed E-state index contributed by atoms with van der Waals surface area (Å²) in [6.07, 6.45) is 1.86. The topological polar surface area (TPSA) is 118 Å². The summed E-state index contributed by atoms with van der Waals surface area (Å²) in [7, 11) is 0. The lowest BCUT2D eigenvalue weighted by molar-refractivity contribution is -0.624. The highest BCUT2D eigenvalue weighted by Crippen LogP contribution is 2.25. The van der Waals surface area contributed by atoms with Crippen molar-refractivity contribution >= 4 is 23.5 Å². The van der Waals surface area contributed by atoms with Crippen molar-refractivity contribution in [3.63, 3.8) is 0 Å². The van der Waals surface area contributed by atoms with Crippen LogP contribution < -0.4 is 15.4 Å². The van der Waals surface area contributed by atoms with Gasteiger partial charge in [0, 0.05) is 23.7 Å². The number of rotatable bonds is 8. The van der Waals surface area contributed by atoms with Gasteiger partial charge in [-0.15, -0.1) is 0 Å². The predicted octanol–water partition coefficient (Wildman–Crippen LogP) is 2.70. The van der Waals surface area contributed by atoms with Crippen LogP contribution in [0.25, 0.3) is 0 Å². The molecule has 0 unspecified atom stereocenters. The van der Waals surface area contributed by atoms with E-state index >= 15 is 0 Å². The molecule has 8 nitrogen and oxygen atoms in total. The number of nitriles is 1. The Bertz CT molecular complexity index is 1170. The minimum absolute atomic E-state index is 0.0423. The number of carbonyl (C=O) groups is 1. The number of nitrogens with zero attached hydrogens (tertiary/aromatic N) is 4. The van der Waals surface area contributed by atoms with Gasteiger partial charge >= 0.3 is 5.92 Å². The Hall–Kier alpha value is -3.84. The maximum absolute atomic E-state index is 14.4. The smallest absolute Gasteiger partial charge is 0.347 e. The fraction of sp³-hybridized carbons (Fsp3) is 0.190. The van der Waals surface area contributed by atoms with E-state index in [1.807, 2.05) is 6.07 Å². The highest BCUT2D eigenvalue weighted by Gasteiger charge is 2.39. The molecule has 1 amide bonds. The standard InChI is InChI=1S/C21H17ClF2N6O2/c22-16-5-3-4-14(8-16)11-26-19(31)9-17-15(10-25)12-27-20(29-17)28-13-21(23,24)18-6-1-2-7-30(18)32/h1-8,12H,9,11,13H2,(H,26,31)(H,27,28,29). The molecule has 2 N–H and O–H groups in total. The molecule has 0 radical (unpaired) electrons. The van der Waals surface area contributed by atoms with Crippen LogP contribution in [0.1, 0.15) is 22.5 Å². The molecule has 0 fully saturated rings. The molecule has 2 heterocycles. The molecule has 0 spiro atoms. The van der Waals surface area contributed by atoms with E-state index < -0.39 is 24.1 Å². The number of nitrogens with one attached hydrogen (secondary N) is 2. The zero-order valence-electron chi connectivity index (χ0n) is 16.6. The minimum atomic E-state index is -3.51. The van der Waals surface area contributed by atoms with Crippen LogP contribution in [0.3, 0.4) is 0 Å². The van der Waals surface area contributed by atoms with Crippen molar-refractivity contribution in [3.05, 3.63) is 87.6 Å². The second kappa shape index (κ2) is 9.98. The van der Waals surface area contributed by atoms with Crippen molar-refractivity contribution in [2.45, 2.75) is 18.9 Å². The van der Waals surface area contributed by atoms with Gasteiger partial charge in [-0.1, -0.05) is 23.7 Å². The lowest BCUT2D eigenvalue weighted by Gasteiger charge is -2.16. The molecular formula is C21H17ClF2N6O2. The number of alkyl halides is 2. The first-order chi connectivity index (χ1) is 15.3. The number of hydrogen-bond acceptors (Lipinski definition) is 6. The first-order valence-electron chi connectivity index (χ1n) is 9.36. The van der Waals surface area contributed by atoms with Gasteiger partial charge in [0.05, 0.1) is 30.4 Å². The van der Waals surface area contributed by atoms with E-state index in [-0.39, 0.29) is 34.9 Å². The Morgan fingerprint density at radius 2 is 2.09 bits per heavy atom. The fourth-order valence-electron chi connectivity index (χ4n) is 2.78. The van der Waals surface area contributed by atoms with Gasteiger partial charge in [-0.25, -0.2) is 9.97 Å². The third-order valence-electron chi connectivity index (χ3n) is 4.36. The van der Waals surface area contributed by atoms with Gasteiger partial charge in [0.2, 0.25) is 11.9 Å². The van der Waals surface area contributed by atoms with Crippen molar-refractivity contribution in [3.8, 4) is 6.07 Å². The van der Waals surface area contributed by atoms with Crippen LogP contribution in [0, 0.1) is 16.5 Å². The summed E-state index contributed by atoms with van der Waals surface area (Å²) in [5, 5.41) is 26.4. The average Bonchev–Trinajstić information content (AvgIpc) is 2.77. The first-order valence-corrected chi connectivity index (χ1v) is 9.74. The van der Waals surface area contributed by atoms with E-state index in [0.717, 1.165) is 24.0 Å². The van der Waals surface area contributed by atoms with Crippen LogP contribution >= 0.6 is 11.6 Å².